The predicted molar refractivity (Wildman–Crippen MR) is 111 cm³/mol. The number of aryl methyl sites for hydroxylation is 2. The number of hydrogen-bond donors (Lipinski definition) is 0. The molecule has 3 aromatic rings. The molecule has 3 rings (SSSR count). The molecule has 2 heterocycles. The van der Waals surface area contributed by atoms with Gasteiger partial charge >= 0.3 is 0 Å². The van der Waals surface area contributed by atoms with E-state index in [1.54, 1.807) is 12.4 Å². The molecule has 0 N–H and O–H groups in total. The van der Waals surface area contributed by atoms with Crippen LogP contribution in [0.1, 0.15) is 53.0 Å². The van der Waals surface area contributed by atoms with Crippen LogP contribution in [0.5, 0.6) is 0 Å². The van der Waals surface area contributed by atoms with Gasteiger partial charge in [-0.1, -0.05) is 32.9 Å². The lowest BCUT2D eigenvalue weighted by atomic mass is 9.98. The van der Waals surface area contributed by atoms with Crippen molar-refractivity contribution in [2.24, 2.45) is 0 Å². The van der Waals surface area contributed by atoms with Crippen molar-refractivity contribution in [3.63, 3.8) is 0 Å². The first-order valence-corrected chi connectivity index (χ1v) is 10.0. The monoisotopic (exact) mass is 399 g/mol. The molecule has 0 atom stereocenters. The van der Waals surface area contributed by atoms with Gasteiger partial charge < -0.3 is 0 Å². The Morgan fingerprint density at radius 3 is 2.59 bits per heavy atom. The van der Waals surface area contributed by atoms with E-state index in [1.165, 1.54) is 11.3 Å². The van der Waals surface area contributed by atoms with Crippen molar-refractivity contribution in [2.75, 3.05) is 0 Å². The topological polar surface area (TPSA) is 55.7 Å². The Morgan fingerprint density at radius 1 is 1.19 bits per heavy atom. The number of carbonyl (C=O) groups excluding carboxylic acids is 1. The summed E-state index contributed by atoms with van der Waals surface area (Å²) in [5.74, 6) is 0.147. The van der Waals surface area contributed by atoms with Crippen LogP contribution in [-0.2, 0) is 11.8 Å². The standard InChI is InChI=1S/C21H22ClN3OS/c1-13-11-15(16-9-10-23-20(22)25-16)6-5-14(13)7-8-17(26)18-12-24-19(27-18)21(2,3)4/h5-6,9-12H,7-8H2,1-4H3. The van der Waals surface area contributed by atoms with Gasteiger partial charge in [-0.05, 0) is 48.2 Å². The molecule has 2 aromatic heterocycles. The minimum Gasteiger partial charge on any atom is -0.293 e. The minimum atomic E-state index is -0.0283. The Balaban J connectivity index is 1.69. The van der Waals surface area contributed by atoms with Crippen molar-refractivity contribution in [3.8, 4) is 11.3 Å². The molecule has 0 saturated heterocycles. The SMILES string of the molecule is Cc1cc(-c2ccnc(Cl)n2)ccc1CCC(=O)c1cnc(C(C)(C)C)s1. The normalized spacial score (nSPS) is 11.6. The van der Waals surface area contributed by atoms with Crippen LogP contribution < -0.4 is 0 Å². The smallest absolute Gasteiger partial charge is 0.222 e. The van der Waals surface area contributed by atoms with Crippen LogP contribution in [0.2, 0.25) is 5.28 Å². The molecule has 0 bridgehead atoms. The Hall–Kier alpha value is -2.11. The van der Waals surface area contributed by atoms with E-state index in [9.17, 15) is 4.79 Å². The lowest BCUT2D eigenvalue weighted by molar-refractivity contribution is 0.0986. The maximum absolute atomic E-state index is 12.5. The average molecular weight is 400 g/mol. The number of halogens is 1. The largest absolute Gasteiger partial charge is 0.293 e. The number of benzene rings is 1. The van der Waals surface area contributed by atoms with Crippen LogP contribution in [0, 0.1) is 6.92 Å². The van der Waals surface area contributed by atoms with Crippen LogP contribution in [0.4, 0.5) is 0 Å². The summed E-state index contributed by atoms with van der Waals surface area (Å²) >= 11 is 7.38. The number of nitrogens with zero attached hydrogens (tertiary/aromatic N) is 3. The van der Waals surface area contributed by atoms with Crippen molar-refractivity contribution in [3.05, 3.63) is 63.0 Å². The minimum absolute atomic E-state index is 0.0283. The first kappa shape index (κ1) is 19.6. The number of rotatable bonds is 5. The number of hydrogen-bond acceptors (Lipinski definition) is 5. The van der Waals surface area contributed by atoms with Crippen molar-refractivity contribution in [2.45, 2.75) is 46.0 Å². The van der Waals surface area contributed by atoms with Crippen molar-refractivity contribution in [1.29, 1.82) is 0 Å². The number of Topliss-reactive ketones (excluding diaryl/α,β-unsaturated/α-hetero) is 1. The zero-order chi connectivity index (χ0) is 19.6. The van der Waals surface area contributed by atoms with Crippen molar-refractivity contribution >= 4 is 28.7 Å². The summed E-state index contributed by atoms with van der Waals surface area (Å²) in [6.07, 6.45) is 4.54. The van der Waals surface area contributed by atoms with E-state index in [-0.39, 0.29) is 16.5 Å². The molecule has 0 aliphatic carbocycles. The van der Waals surface area contributed by atoms with Gasteiger partial charge in [-0.2, -0.15) is 0 Å². The Bertz CT molecular complexity index is 976. The highest BCUT2D eigenvalue weighted by Gasteiger charge is 2.20. The summed E-state index contributed by atoms with van der Waals surface area (Å²) in [5, 5.41) is 1.23. The maximum Gasteiger partial charge on any atom is 0.222 e. The zero-order valence-electron chi connectivity index (χ0n) is 15.9. The summed E-state index contributed by atoms with van der Waals surface area (Å²) in [5.41, 5.74) is 4.05. The maximum atomic E-state index is 12.5. The average Bonchev–Trinajstić information content (AvgIpc) is 3.11. The van der Waals surface area contributed by atoms with Gasteiger partial charge in [0.05, 0.1) is 15.6 Å². The molecule has 4 nitrogen and oxygen atoms in total. The molecular weight excluding hydrogens is 378 g/mol. The number of ketones is 1. The lowest BCUT2D eigenvalue weighted by Gasteiger charge is -2.13. The van der Waals surface area contributed by atoms with Crippen LogP contribution in [0.15, 0.2) is 36.7 Å². The fourth-order valence-electron chi connectivity index (χ4n) is 2.75. The van der Waals surface area contributed by atoms with E-state index in [0.717, 1.165) is 32.3 Å². The summed E-state index contributed by atoms with van der Waals surface area (Å²) < 4.78 is 0. The number of carbonyl (C=O) groups is 1. The molecule has 27 heavy (non-hydrogen) atoms. The molecule has 0 aliphatic heterocycles. The lowest BCUT2D eigenvalue weighted by Crippen LogP contribution is -2.09. The third kappa shape index (κ3) is 4.79. The fourth-order valence-corrected chi connectivity index (χ4v) is 3.84. The highest BCUT2D eigenvalue weighted by Crippen LogP contribution is 2.28. The second-order valence-corrected chi connectivity index (χ2v) is 8.92. The van der Waals surface area contributed by atoms with E-state index in [2.05, 4.69) is 54.8 Å². The van der Waals surface area contributed by atoms with Gasteiger partial charge in [-0.25, -0.2) is 15.0 Å². The highest BCUT2D eigenvalue weighted by atomic mass is 35.5. The van der Waals surface area contributed by atoms with E-state index in [1.807, 2.05) is 12.1 Å². The van der Waals surface area contributed by atoms with Gasteiger partial charge in [-0.15, -0.1) is 11.3 Å². The van der Waals surface area contributed by atoms with Gasteiger partial charge in [0, 0.05) is 29.8 Å². The van der Waals surface area contributed by atoms with E-state index >= 15 is 0 Å². The van der Waals surface area contributed by atoms with Gasteiger partial charge in [0.1, 0.15) is 0 Å². The Labute approximate surface area is 168 Å². The van der Waals surface area contributed by atoms with Crippen molar-refractivity contribution < 1.29 is 4.79 Å². The van der Waals surface area contributed by atoms with Crippen LogP contribution in [-0.4, -0.2) is 20.7 Å². The number of thiazole rings is 1. The van der Waals surface area contributed by atoms with Crippen LogP contribution in [0.3, 0.4) is 0 Å². The highest BCUT2D eigenvalue weighted by molar-refractivity contribution is 7.13. The quantitative estimate of drug-likeness (QED) is 0.409. The summed E-state index contributed by atoms with van der Waals surface area (Å²) in [6, 6.07) is 7.97. The zero-order valence-corrected chi connectivity index (χ0v) is 17.5. The first-order chi connectivity index (χ1) is 12.7. The van der Waals surface area contributed by atoms with Gasteiger partial charge in [-0.3, -0.25) is 4.79 Å². The first-order valence-electron chi connectivity index (χ1n) is 8.82. The third-order valence-electron chi connectivity index (χ3n) is 4.31. The molecule has 0 radical (unpaired) electrons. The van der Waals surface area contributed by atoms with Crippen molar-refractivity contribution in [1.82, 2.24) is 15.0 Å². The van der Waals surface area contributed by atoms with Crippen LogP contribution >= 0.6 is 22.9 Å². The summed E-state index contributed by atoms with van der Waals surface area (Å²) in [6.45, 7) is 8.37. The van der Waals surface area contributed by atoms with E-state index < -0.39 is 0 Å². The molecule has 140 valence electrons. The molecule has 0 fully saturated rings. The van der Waals surface area contributed by atoms with Gasteiger partial charge in [0.2, 0.25) is 5.28 Å². The molecule has 0 amide bonds. The van der Waals surface area contributed by atoms with Crippen LogP contribution in [0.25, 0.3) is 11.3 Å². The second-order valence-electron chi connectivity index (χ2n) is 7.56. The van der Waals surface area contributed by atoms with E-state index in [4.69, 9.17) is 11.6 Å². The summed E-state index contributed by atoms with van der Waals surface area (Å²) in [4.78, 5) is 25.8. The molecule has 0 saturated carbocycles. The Morgan fingerprint density at radius 2 is 1.96 bits per heavy atom. The fraction of sp³-hybridized carbons (Fsp3) is 0.333. The molecule has 1 aromatic carbocycles. The molecule has 6 heteroatoms. The Kier molecular flexibility index (Phi) is 5.72. The second kappa shape index (κ2) is 7.87. The summed E-state index contributed by atoms with van der Waals surface area (Å²) in [7, 11) is 0. The molecule has 0 aliphatic rings. The van der Waals surface area contributed by atoms with E-state index in [0.29, 0.717) is 12.8 Å². The van der Waals surface area contributed by atoms with Gasteiger partial charge in [0.25, 0.3) is 0 Å². The molecule has 0 spiro atoms. The van der Waals surface area contributed by atoms with Gasteiger partial charge in [0.15, 0.2) is 5.78 Å². The number of aromatic nitrogens is 3. The third-order valence-corrected chi connectivity index (χ3v) is 5.95. The predicted octanol–water partition coefficient (Wildman–Crippen LogP) is 5.67. The molecule has 0 unspecified atom stereocenters. The molecular formula is C21H22ClN3OS.